The van der Waals surface area contributed by atoms with Crippen LogP contribution in [0, 0.1) is 5.82 Å². The maximum atomic E-state index is 12.9. The molecule has 1 amide bonds. The lowest BCUT2D eigenvalue weighted by Gasteiger charge is -2.10. The van der Waals surface area contributed by atoms with Gasteiger partial charge in [0, 0.05) is 19.2 Å². The van der Waals surface area contributed by atoms with Crippen LogP contribution in [0.25, 0.3) is 5.69 Å². The van der Waals surface area contributed by atoms with Crippen LogP contribution in [0.1, 0.15) is 25.5 Å². The zero-order chi connectivity index (χ0) is 15.9. The van der Waals surface area contributed by atoms with E-state index < -0.39 is 6.04 Å². The second kappa shape index (κ2) is 7.70. The fourth-order valence-corrected chi connectivity index (χ4v) is 2.12. The van der Waals surface area contributed by atoms with E-state index in [1.807, 2.05) is 19.2 Å². The van der Waals surface area contributed by atoms with E-state index in [4.69, 9.17) is 5.73 Å². The number of nitrogens with one attached hydrogen (secondary N) is 1. The summed E-state index contributed by atoms with van der Waals surface area (Å²) in [6, 6.07) is 7.55. The summed E-state index contributed by atoms with van der Waals surface area (Å²) in [6.45, 7) is 2.49. The van der Waals surface area contributed by atoms with Crippen molar-refractivity contribution >= 4 is 5.91 Å². The largest absolute Gasteiger partial charge is 0.354 e. The van der Waals surface area contributed by atoms with Crippen molar-refractivity contribution in [2.75, 3.05) is 6.54 Å². The molecular weight excluding hydrogens is 283 g/mol. The maximum absolute atomic E-state index is 12.9. The van der Waals surface area contributed by atoms with Gasteiger partial charge in [0.15, 0.2) is 0 Å². The van der Waals surface area contributed by atoms with Crippen LogP contribution in [-0.4, -0.2) is 28.3 Å². The van der Waals surface area contributed by atoms with Gasteiger partial charge in [-0.1, -0.05) is 13.3 Å². The molecule has 118 valence electrons. The van der Waals surface area contributed by atoms with Gasteiger partial charge in [-0.3, -0.25) is 4.79 Å². The summed E-state index contributed by atoms with van der Waals surface area (Å²) in [4.78, 5) is 11.7. The van der Waals surface area contributed by atoms with Crippen LogP contribution in [0.5, 0.6) is 0 Å². The molecule has 1 heterocycles. The molecule has 1 aromatic heterocycles. The van der Waals surface area contributed by atoms with Gasteiger partial charge in [-0.15, -0.1) is 0 Å². The van der Waals surface area contributed by atoms with Gasteiger partial charge in [0.05, 0.1) is 17.4 Å². The summed E-state index contributed by atoms with van der Waals surface area (Å²) in [7, 11) is 0. The molecule has 5 nitrogen and oxygen atoms in total. The highest BCUT2D eigenvalue weighted by Crippen LogP contribution is 2.09. The minimum Gasteiger partial charge on any atom is -0.354 e. The molecular formula is C16H21FN4O. The Hall–Kier alpha value is -2.21. The lowest BCUT2D eigenvalue weighted by molar-refractivity contribution is -0.122. The summed E-state index contributed by atoms with van der Waals surface area (Å²) in [5.74, 6) is -0.401. The van der Waals surface area contributed by atoms with Crippen molar-refractivity contribution < 1.29 is 9.18 Å². The number of hydrogen-bond donors (Lipinski definition) is 2. The SMILES string of the molecule is CCCC(N)C(=O)NCCc1ccn(-c2ccc(F)cc2)n1. The minimum absolute atomic E-state index is 0.125. The van der Waals surface area contributed by atoms with Crippen LogP contribution in [0.15, 0.2) is 36.5 Å². The molecule has 0 aliphatic carbocycles. The molecule has 3 N–H and O–H groups in total. The molecule has 2 rings (SSSR count). The van der Waals surface area contributed by atoms with Crippen molar-refractivity contribution in [3.63, 3.8) is 0 Å². The van der Waals surface area contributed by atoms with E-state index in [1.165, 1.54) is 12.1 Å². The zero-order valence-electron chi connectivity index (χ0n) is 12.6. The number of nitrogens with two attached hydrogens (primary N) is 1. The Morgan fingerprint density at radius 2 is 2.09 bits per heavy atom. The lowest BCUT2D eigenvalue weighted by Crippen LogP contribution is -2.41. The van der Waals surface area contributed by atoms with Crippen molar-refractivity contribution in [3.8, 4) is 5.69 Å². The van der Waals surface area contributed by atoms with Crippen LogP contribution in [0.3, 0.4) is 0 Å². The number of carbonyl (C=O) groups is 1. The van der Waals surface area contributed by atoms with Gasteiger partial charge in [-0.2, -0.15) is 5.10 Å². The molecule has 1 aromatic carbocycles. The molecule has 0 spiro atoms. The number of hydrogen-bond acceptors (Lipinski definition) is 3. The van der Waals surface area contributed by atoms with Crippen molar-refractivity contribution in [2.24, 2.45) is 5.73 Å². The first-order valence-electron chi connectivity index (χ1n) is 7.44. The Labute approximate surface area is 129 Å². The Morgan fingerprint density at radius 1 is 1.36 bits per heavy atom. The monoisotopic (exact) mass is 304 g/mol. The molecule has 1 atom stereocenters. The zero-order valence-corrected chi connectivity index (χ0v) is 12.6. The van der Waals surface area contributed by atoms with Gasteiger partial charge in [0.25, 0.3) is 0 Å². The average Bonchev–Trinajstić information content (AvgIpc) is 2.97. The topological polar surface area (TPSA) is 72.9 Å². The molecule has 0 aliphatic heterocycles. The Kier molecular flexibility index (Phi) is 5.66. The van der Waals surface area contributed by atoms with E-state index in [2.05, 4.69) is 10.4 Å². The molecule has 0 aliphatic rings. The van der Waals surface area contributed by atoms with E-state index >= 15 is 0 Å². The third-order valence-electron chi connectivity index (χ3n) is 3.35. The molecule has 2 aromatic rings. The highest BCUT2D eigenvalue weighted by atomic mass is 19.1. The number of benzene rings is 1. The first-order valence-corrected chi connectivity index (χ1v) is 7.44. The number of amides is 1. The summed E-state index contributed by atoms with van der Waals surface area (Å²) in [6.07, 6.45) is 4.01. The Balaban J connectivity index is 1.85. The van der Waals surface area contributed by atoms with Crippen molar-refractivity contribution in [1.29, 1.82) is 0 Å². The second-order valence-corrected chi connectivity index (χ2v) is 5.16. The quantitative estimate of drug-likeness (QED) is 0.819. The number of halogens is 1. The highest BCUT2D eigenvalue weighted by Gasteiger charge is 2.11. The van der Waals surface area contributed by atoms with Gasteiger partial charge < -0.3 is 11.1 Å². The number of aromatic nitrogens is 2. The normalized spacial score (nSPS) is 12.1. The standard InChI is InChI=1S/C16H21FN4O/c1-2-3-15(18)16(22)19-10-8-13-9-11-21(20-13)14-6-4-12(17)5-7-14/h4-7,9,11,15H,2-3,8,10,18H2,1H3,(H,19,22). The Bertz CT molecular complexity index is 609. The van der Waals surface area contributed by atoms with Crippen LogP contribution in [-0.2, 0) is 11.2 Å². The van der Waals surface area contributed by atoms with Crippen molar-refractivity contribution in [2.45, 2.75) is 32.2 Å². The van der Waals surface area contributed by atoms with E-state index in [-0.39, 0.29) is 11.7 Å². The van der Waals surface area contributed by atoms with Gasteiger partial charge in [-0.05, 0) is 36.8 Å². The van der Waals surface area contributed by atoms with Crippen LogP contribution in [0.2, 0.25) is 0 Å². The molecule has 22 heavy (non-hydrogen) atoms. The molecule has 0 radical (unpaired) electrons. The predicted molar refractivity (Wildman–Crippen MR) is 83.1 cm³/mol. The fraction of sp³-hybridized carbons (Fsp3) is 0.375. The van der Waals surface area contributed by atoms with Crippen LogP contribution in [0.4, 0.5) is 4.39 Å². The lowest BCUT2D eigenvalue weighted by atomic mass is 10.1. The van der Waals surface area contributed by atoms with Crippen LogP contribution < -0.4 is 11.1 Å². The van der Waals surface area contributed by atoms with Crippen molar-refractivity contribution in [3.05, 3.63) is 48.0 Å². The highest BCUT2D eigenvalue weighted by molar-refractivity contribution is 5.81. The van der Waals surface area contributed by atoms with Gasteiger partial charge in [0.2, 0.25) is 5.91 Å². The van der Waals surface area contributed by atoms with E-state index in [0.29, 0.717) is 19.4 Å². The summed E-state index contributed by atoms with van der Waals surface area (Å²) in [5.41, 5.74) is 7.39. The molecule has 0 bridgehead atoms. The molecule has 0 saturated carbocycles. The summed E-state index contributed by atoms with van der Waals surface area (Å²) < 4.78 is 14.6. The molecule has 0 saturated heterocycles. The predicted octanol–water partition coefficient (Wildman–Crippen LogP) is 1.80. The summed E-state index contributed by atoms with van der Waals surface area (Å²) in [5, 5.41) is 7.21. The minimum atomic E-state index is -0.443. The fourth-order valence-electron chi connectivity index (χ4n) is 2.12. The third kappa shape index (κ3) is 4.39. The maximum Gasteiger partial charge on any atom is 0.236 e. The van der Waals surface area contributed by atoms with Crippen LogP contribution >= 0.6 is 0 Å². The third-order valence-corrected chi connectivity index (χ3v) is 3.35. The van der Waals surface area contributed by atoms with E-state index in [0.717, 1.165) is 17.8 Å². The average molecular weight is 304 g/mol. The van der Waals surface area contributed by atoms with Gasteiger partial charge >= 0.3 is 0 Å². The Morgan fingerprint density at radius 3 is 2.77 bits per heavy atom. The first-order chi connectivity index (χ1) is 10.6. The summed E-state index contributed by atoms with van der Waals surface area (Å²) >= 11 is 0. The van der Waals surface area contributed by atoms with Gasteiger partial charge in [0.1, 0.15) is 5.82 Å². The number of nitrogens with zero attached hydrogens (tertiary/aromatic N) is 2. The van der Waals surface area contributed by atoms with E-state index in [1.54, 1.807) is 16.8 Å². The smallest absolute Gasteiger partial charge is 0.236 e. The van der Waals surface area contributed by atoms with E-state index in [9.17, 15) is 9.18 Å². The second-order valence-electron chi connectivity index (χ2n) is 5.16. The molecule has 1 unspecified atom stereocenters. The first kappa shape index (κ1) is 16.2. The number of rotatable bonds is 7. The molecule has 6 heteroatoms. The molecule has 0 fully saturated rings. The van der Waals surface area contributed by atoms with Gasteiger partial charge in [-0.25, -0.2) is 9.07 Å². The van der Waals surface area contributed by atoms with Crippen molar-refractivity contribution in [1.82, 2.24) is 15.1 Å². The number of carbonyl (C=O) groups excluding carboxylic acids is 1.